The Morgan fingerprint density at radius 1 is 1.16 bits per heavy atom. The largest absolute Gasteiger partial charge is 0.507 e. The van der Waals surface area contributed by atoms with E-state index in [2.05, 4.69) is 33.1 Å². The molecule has 0 aliphatic heterocycles. The molecule has 3 aromatic carbocycles. The fourth-order valence-corrected chi connectivity index (χ4v) is 3.60. The molecule has 8 heteroatoms. The Balaban J connectivity index is 1.73. The highest BCUT2D eigenvalue weighted by Crippen LogP contribution is 2.34. The van der Waals surface area contributed by atoms with E-state index in [9.17, 15) is 9.90 Å². The van der Waals surface area contributed by atoms with Crippen LogP contribution < -0.4 is 14.9 Å². The summed E-state index contributed by atoms with van der Waals surface area (Å²) in [6, 6.07) is 17.4. The maximum absolute atomic E-state index is 12.1. The van der Waals surface area contributed by atoms with Gasteiger partial charge in [-0.05, 0) is 77.0 Å². The standard InChI is InChI=1S/C23H20ClIN2O4/c1-2-30-21-12-16(13-26-27-23(29)18-5-3-4-6-20(18)28)11-19(25)22(21)31-14-15-7-9-17(24)10-8-15/h3-13,28H,2,14H2,1H3,(H,27,29). The van der Waals surface area contributed by atoms with E-state index in [1.54, 1.807) is 18.2 Å². The molecule has 160 valence electrons. The maximum atomic E-state index is 12.1. The molecule has 0 saturated carbocycles. The zero-order valence-corrected chi connectivity index (χ0v) is 19.6. The number of ether oxygens (including phenoxy) is 2. The predicted octanol–water partition coefficient (Wildman–Crippen LogP) is 5.39. The summed E-state index contributed by atoms with van der Waals surface area (Å²) in [6.07, 6.45) is 1.51. The lowest BCUT2D eigenvalue weighted by Gasteiger charge is -2.15. The molecule has 2 N–H and O–H groups in total. The second-order valence-corrected chi connectivity index (χ2v) is 7.99. The van der Waals surface area contributed by atoms with Gasteiger partial charge in [0.05, 0.1) is 22.0 Å². The summed E-state index contributed by atoms with van der Waals surface area (Å²) in [5.74, 6) is 0.604. The van der Waals surface area contributed by atoms with Gasteiger partial charge in [-0.15, -0.1) is 0 Å². The zero-order valence-electron chi connectivity index (χ0n) is 16.6. The molecule has 1 amide bonds. The van der Waals surface area contributed by atoms with Crippen LogP contribution in [-0.4, -0.2) is 23.8 Å². The smallest absolute Gasteiger partial charge is 0.275 e. The van der Waals surface area contributed by atoms with Crippen molar-refractivity contribution in [2.45, 2.75) is 13.5 Å². The van der Waals surface area contributed by atoms with Crippen molar-refractivity contribution in [1.29, 1.82) is 0 Å². The SMILES string of the molecule is CCOc1cc(C=NNC(=O)c2ccccc2O)cc(I)c1OCc1ccc(Cl)cc1. The highest BCUT2D eigenvalue weighted by atomic mass is 127. The Hall–Kier alpha value is -2.78. The van der Waals surface area contributed by atoms with Crippen molar-refractivity contribution in [3.8, 4) is 17.2 Å². The van der Waals surface area contributed by atoms with E-state index in [-0.39, 0.29) is 11.3 Å². The number of hydrogen-bond acceptors (Lipinski definition) is 5. The number of hydrazone groups is 1. The first-order chi connectivity index (χ1) is 15.0. The third kappa shape index (κ3) is 6.35. The zero-order chi connectivity index (χ0) is 22.2. The minimum atomic E-state index is -0.503. The van der Waals surface area contributed by atoms with Gasteiger partial charge in [-0.3, -0.25) is 4.79 Å². The van der Waals surface area contributed by atoms with Crippen molar-refractivity contribution in [2.75, 3.05) is 6.61 Å². The lowest BCUT2D eigenvalue weighted by Crippen LogP contribution is -2.17. The number of nitrogens with one attached hydrogen (secondary N) is 1. The molecule has 0 spiro atoms. The van der Waals surface area contributed by atoms with Gasteiger partial charge in [0.15, 0.2) is 11.5 Å². The lowest BCUT2D eigenvalue weighted by molar-refractivity contribution is 0.0952. The third-order valence-corrected chi connectivity index (χ3v) is 5.21. The van der Waals surface area contributed by atoms with Crippen LogP contribution >= 0.6 is 34.2 Å². The van der Waals surface area contributed by atoms with Crippen molar-refractivity contribution in [3.63, 3.8) is 0 Å². The van der Waals surface area contributed by atoms with E-state index >= 15 is 0 Å². The van der Waals surface area contributed by atoms with Crippen LogP contribution in [0.4, 0.5) is 0 Å². The van der Waals surface area contributed by atoms with Crippen LogP contribution in [0.2, 0.25) is 5.02 Å². The van der Waals surface area contributed by atoms with Crippen LogP contribution in [0.3, 0.4) is 0 Å². The number of halogens is 2. The average Bonchev–Trinajstić information content (AvgIpc) is 2.75. The monoisotopic (exact) mass is 550 g/mol. The highest BCUT2D eigenvalue weighted by molar-refractivity contribution is 14.1. The first-order valence-corrected chi connectivity index (χ1v) is 10.9. The van der Waals surface area contributed by atoms with E-state index in [0.717, 1.165) is 14.7 Å². The molecule has 0 aliphatic carbocycles. The Morgan fingerprint density at radius 3 is 2.61 bits per heavy atom. The molecule has 0 unspecified atom stereocenters. The van der Waals surface area contributed by atoms with Gasteiger partial charge in [0.25, 0.3) is 5.91 Å². The molecule has 0 atom stereocenters. The number of carbonyl (C=O) groups excluding carboxylic acids is 1. The van der Waals surface area contributed by atoms with Gasteiger partial charge >= 0.3 is 0 Å². The van der Waals surface area contributed by atoms with E-state index in [1.165, 1.54) is 18.3 Å². The summed E-state index contributed by atoms with van der Waals surface area (Å²) in [4.78, 5) is 12.1. The normalized spacial score (nSPS) is 10.8. The molecule has 0 aromatic heterocycles. The Bertz CT molecular complexity index is 1090. The number of amides is 1. The molecule has 6 nitrogen and oxygen atoms in total. The lowest BCUT2D eigenvalue weighted by atomic mass is 10.2. The number of rotatable bonds is 8. The quantitative estimate of drug-likeness (QED) is 0.224. The molecule has 0 fully saturated rings. The number of para-hydroxylation sites is 1. The molecule has 0 radical (unpaired) electrons. The Labute approximate surface area is 199 Å². The van der Waals surface area contributed by atoms with Crippen LogP contribution in [0.5, 0.6) is 17.2 Å². The fourth-order valence-electron chi connectivity index (χ4n) is 2.69. The number of phenolic OH excluding ortho intramolecular Hbond substituents is 1. The summed E-state index contributed by atoms with van der Waals surface area (Å²) in [7, 11) is 0. The summed E-state index contributed by atoms with van der Waals surface area (Å²) in [6.45, 7) is 2.73. The van der Waals surface area contributed by atoms with Gasteiger partial charge in [-0.1, -0.05) is 35.9 Å². The van der Waals surface area contributed by atoms with Crippen LogP contribution in [0, 0.1) is 3.57 Å². The van der Waals surface area contributed by atoms with Gasteiger partial charge in [0.1, 0.15) is 12.4 Å². The summed E-state index contributed by atoms with van der Waals surface area (Å²) in [5, 5.41) is 14.4. The average molecular weight is 551 g/mol. The van der Waals surface area contributed by atoms with Crippen LogP contribution in [0.1, 0.15) is 28.4 Å². The second-order valence-electron chi connectivity index (χ2n) is 6.39. The minimum Gasteiger partial charge on any atom is -0.507 e. The number of phenols is 1. The van der Waals surface area contributed by atoms with Crippen LogP contribution in [0.15, 0.2) is 65.8 Å². The van der Waals surface area contributed by atoms with Crippen LogP contribution in [-0.2, 0) is 6.61 Å². The Morgan fingerprint density at radius 2 is 1.90 bits per heavy atom. The number of carbonyl (C=O) groups is 1. The third-order valence-electron chi connectivity index (χ3n) is 4.16. The molecule has 31 heavy (non-hydrogen) atoms. The van der Waals surface area contributed by atoms with Crippen molar-refractivity contribution >= 4 is 46.3 Å². The fraction of sp³-hybridized carbons (Fsp3) is 0.130. The van der Waals surface area contributed by atoms with E-state index in [1.807, 2.05) is 37.3 Å². The van der Waals surface area contributed by atoms with Crippen molar-refractivity contribution in [1.82, 2.24) is 5.43 Å². The molecular weight excluding hydrogens is 531 g/mol. The van der Waals surface area contributed by atoms with Gasteiger partial charge in [0, 0.05) is 5.02 Å². The number of hydrogen-bond donors (Lipinski definition) is 2. The van der Waals surface area contributed by atoms with Crippen molar-refractivity contribution in [3.05, 3.63) is 85.9 Å². The number of benzene rings is 3. The number of aromatic hydroxyl groups is 1. The van der Waals surface area contributed by atoms with Gasteiger partial charge in [-0.25, -0.2) is 5.43 Å². The molecule has 0 saturated heterocycles. The van der Waals surface area contributed by atoms with E-state index in [4.69, 9.17) is 21.1 Å². The van der Waals surface area contributed by atoms with Gasteiger partial charge < -0.3 is 14.6 Å². The summed E-state index contributed by atoms with van der Waals surface area (Å²) < 4.78 is 12.6. The van der Waals surface area contributed by atoms with Gasteiger partial charge in [0.2, 0.25) is 0 Å². The Kier molecular flexibility index (Phi) is 8.13. The maximum Gasteiger partial charge on any atom is 0.275 e. The molecule has 3 rings (SSSR count). The topological polar surface area (TPSA) is 80.2 Å². The molecular formula is C23H20ClIN2O4. The molecule has 0 heterocycles. The summed E-state index contributed by atoms with van der Waals surface area (Å²) in [5.41, 5.74) is 4.27. The highest BCUT2D eigenvalue weighted by Gasteiger charge is 2.13. The predicted molar refractivity (Wildman–Crippen MR) is 129 cm³/mol. The molecule has 0 aliphatic rings. The minimum absolute atomic E-state index is 0.106. The van der Waals surface area contributed by atoms with E-state index in [0.29, 0.717) is 29.7 Å². The van der Waals surface area contributed by atoms with Crippen molar-refractivity contribution in [2.24, 2.45) is 5.10 Å². The molecule has 0 bridgehead atoms. The van der Waals surface area contributed by atoms with Gasteiger partial charge in [-0.2, -0.15) is 5.10 Å². The first kappa shape index (κ1) is 22.9. The first-order valence-electron chi connectivity index (χ1n) is 9.43. The molecule has 3 aromatic rings. The van der Waals surface area contributed by atoms with Crippen LogP contribution in [0.25, 0.3) is 0 Å². The summed E-state index contributed by atoms with van der Waals surface area (Å²) >= 11 is 8.10. The van der Waals surface area contributed by atoms with Crippen molar-refractivity contribution < 1.29 is 19.4 Å². The number of nitrogens with zero attached hydrogens (tertiary/aromatic N) is 1. The van der Waals surface area contributed by atoms with E-state index < -0.39 is 5.91 Å². The second kappa shape index (κ2) is 11.0.